The third-order valence-corrected chi connectivity index (χ3v) is 5.29. The Labute approximate surface area is 138 Å². The summed E-state index contributed by atoms with van der Waals surface area (Å²) in [5.41, 5.74) is 2.09. The molecule has 1 atom stereocenters. The van der Waals surface area contributed by atoms with E-state index in [9.17, 15) is 9.59 Å². The maximum atomic E-state index is 13.1. The Morgan fingerprint density at radius 1 is 1.26 bits per heavy atom. The minimum atomic E-state index is -0.326. The highest BCUT2D eigenvalue weighted by atomic mass is 16.2. The van der Waals surface area contributed by atoms with Crippen molar-refractivity contribution >= 4 is 11.8 Å². The Morgan fingerprint density at radius 3 is 2.83 bits per heavy atom. The van der Waals surface area contributed by atoms with Crippen LogP contribution in [0.25, 0.3) is 0 Å². The zero-order valence-corrected chi connectivity index (χ0v) is 14.2. The topological polar surface area (TPSA) is 40.6 Å². The van der Waals surface area contributed by atoms with Crippen molar-refractivity contribution in [3.05, 3.63) is 35.4 Å². The summed E-state index contributed by atoms with van der Waals surface area (Å²) < 4.78 is 0. The number of likely N-dealkylation sites (tertiary alicyclic amines) is 2. The van der Waals surface area contributed by atoms with E-state index in [2.05, 4.69) is 25.1 Å². The Bertz CT molecular complexity index is 613. The summed E-state index contributed by atoms with van der Waals surface area (Å²) in [7, 11) is 0. The summed E-state index contributed by atoms with van der Waals surface area (Å²) >= 11 is 0. The van der Waals surface area contributed by atoms with Crippen LogP contribution in [0.5, 0.6) is 0 Å². The summed E-state index contributed by atoms with van der Waals surface area (Å²) in [6, 6.07) is 8.36. The van der Waals surface area contributed by atoms with Gasteiger partial charge in [-0.2, -0.15) is 0 Å². The third-order valence-electron chi connectivity index (χ3n) is 5.29. The largest absolute Gasteiger partial charge is 0.342 e. The first kappa shape index (κ1) is 16.0. The predicted octanol–water partition coefficient (Wildman–Crippen LogP) is 2.75. The van der Waals surface area contributed by atoms with Gasteiger partial charge in [0, 0.05) is 32.6 Å². The number of nitrogens with zero attached hydrogens (tertiary/aromatic N) is 2. The molecule has 1 unspecified atom stereocenters. The standard InChI is InChI=1S/C19H26N2O2/c1-3-17(22)21-11-9-19(14-21)8-5-10-20(18(19)23)13-16-7-4-6-15(2)12-16/h4,6-7,12H,3,5,8-11,13-14H2,1-2H3. The molecular weight excluding hydrogens is 288 g/mol. The van der Waals surface area contributed by atoms with Crippen LogP contribution in [0.3, 0.4) is 0 Å². The fourth-order valence-electron chi connectivity index (χ4n) is 4.02. The lowest BCUT2D eigenvalue weighted by Crippen LogP contribution is -2.50. The molecule has 0 saturated carbocycles. The lowest BCUT2D eigenvalue weighted by atomic mass is 9.78. The number of aryl methyl sites for hydroxylation is 1. The van der Waals surface area contributed by atoms with E-state index in [0.29, 0.717) is 19.5 Å². The van der Waals surface area contributed by atoms with Crippen molar-refractivity contribution < 1.29 is 9.59 Å². The number of hydrogen-bond donors (Lipinski definition) is 0. The maximum Gasteiger partial charge on any atom is 0.230 e. The van der Waals surface area contributed by atoms with Crippen molar-refractivity contribution in [1.29, 1.82) is 0 Å². The van der Waals surface area contributed by atoms with Gasteiger partial charge in [-0.25, -0.2) is 0 Å². The minimum absolute atomic E-state index is 0.172. The van der Waals surface area contributed by atoms with Gasteiger partial charge in [0.2, 0.25) is 11.8 Å². The quantitative estimate of drug-likeness (QED) is 0.861. The minimum Gasteiger partial charge on any atom is -0.342 e. The molecule has 0 aliphatic carbocycles. The SMILES string of the molecule is CCC(=O)N1CCC2(CCCN(Cc3cccc(C)c3)C2=O)C1. The summed E-state index contributed by atoms with van der Waals surface area (Å²) in [6.07, 6.45) is 3.30. The predicted molar refractivity (Wildman–Crippen MR) is 89.8 cm³/mol. The van der Waals surface area contributed by atoms with Gasteiger partial charge in [0.1, 0.15) is 0 Å². The molecule has 2 aliphatic heterocycles. The van der Waals surface area contributed by atoms with E-state index in [1.54, 1.807) is 0 Å². The van der Waals surface area contributed by atoms with Gasteiger partial charge in [0.05, 0.1) is 5.41 Å². The number of rotatable bonds is 3. The molecule has 2 amide bonds. The van der Waals surface area contributed by atoms with Crippen LogP contribution in [0.2, 0.25) is 0 Å². The molecule has 3 rings (SSSR count). The molecule has 2 fully saturated rings. The second-order valence-electron chi connectivity index (χ2n) is 7.02. The van der Waals surface area contributed by atoms with Gasteiger partial charge in [-0.1, -0.05) is 36.8 Å². The zero-order valence-electron chi connectivity index (χ0n) is 14.2. The van der Waals surface area contributed by atoms with Gasteiger partial charge in [0.25, 0.3) is 0 Å². The fraction of sp³-hybridized carbons (Fsp3) is 0.579. The monoisotopic (exact) mass is 314 g/mol. The van der Waals surface area contributed by atoms with Crippen LogP contribution in [0, 0.1) is 12.3 Å². The van der Waals surface area contributed by atoms with Gasteiger partial charge < -0.3 is 9.80 Å². The highest BCUT2D eigenvalue weighted by molar-refractivity contribution is 5.86. The summed E-state index contributed by atoms with van der Waals surface area (Å²) in [6.45, 7) is 6.83. The molecule has 23 heavy (non-hydrogen) atoms. The van der Waals surface area contributed by atoms with Crippen molar-refractivity contribution in [2.45, 2.75) is 46.1 Å². The second-order valence-corrected chi connectivity index (χ2v) is 7.02. The van der Waals surface area contributed by atoms with Crippen molar-refractivity contribution in [1.82, 2.24) is 9.80 Å². The number of piperidine rings is 1. The Balaban J connectivity index is 1.73. The van der Waals surface area contributed by atoms with Gasteiger partial charge in [-0.3, -0.25) is 9.59 Å². The number of benzene rings is 1. The van der Waals surface area contributed by atoms with E-state index in [-0.39, 0.29) is 17.2 Å². The lowest BCUT2D eigenvalue weighted by molar-refractivity contribution is -0.146. The van der Waals surface area contributed by atoms with E-state index in [0.717, 1.165) is 32.4 Å². The van der Waals surface area contributed by atoms with Gasteiger partial charge in [-0.15, -0.1) is 0 Å². The lowest BCUT2D eigenvalue weighted by Gasteiger charge is -2.39. The van der Waals surface area contributed by atoms with E-state index < -0.39 is 0 Å². The molecule has 2 aliphatic rings. The molecule has 4 heteroatoms. The summed E-state index contributed by atoms with van der Waals surface area (Å²) in [5, 5.41) is 0. The average molecular weight is 314 g/mol. The normalized spacial score (nSPS) is 24.5. The summed E-state index contributed by atoms with van der Waals surface area (Å²) in [4.78, 5) is 28.9. The molecule has 2 saturated heterocycles. The molecule has 1 aromatic rings. The number of carbonyl (C=O) groups is 2. The number of carbonyl (C=O) groups excluding carboxylic acids is 2. The van der Waals surface area contributed by atoms with E-state index in [1.807, 2.05) is 22.8 Å². The highest BCUT2D eigenvalue weighted by Gasteiger charge is 2.49. The highest BCUT2D eigenvalue weighted by Crippen LogP contribution is 2.40. The van der Waals surface area contributed by atoms with E-state index in [4.69, 9.17) is 0 Å². The van der Waals surface area contributed by atoms with Crippen molar-refractivity contribution in [2.24, 2.45) is 5.41 Å². The smallest absolute Gasteiger partial charge is 0.230 e. The van der Waals surface area contributed by atoms with Crippen molar-refractivity contribution in [3.8, 4) is 0 Å². The van der Waals surface area contributed by atoms with Crippen LogP contribution in [-0.4, -0.2) is 41.2 Å². The first-order chi connectivity index (χ1) is 11.0. The zero-order chi connectivity index (χ0) is 16.4. The molecular formula is C19H26N2O2. The van der Waals surface area contributed by atoms with Crippen LogP contribution < -0.4 is 0 Å². The molecule has 0 N–H and O–H groups in total. The van der Waals surface area contributed by atoms with Crippen LogP contribution in [0.15, 0.2) is 24.3 Å². The van der Waals surface area contributed by atoms with Crippen LogP contribution in [0.1, 0.15) is 43.7 Å². The fourth-order valence-corrected chi connectivity index (χ4v) is 4.02. The van der Waals surface area contributed by atoms with Crippen molar-refractivity contribution in [2.75, 3.05) is 19.6 Å². The Morgan fingerprint density at radius 2 is 2.09 bits per heavy atom. The van der Waals surface area contributed by atoms with Crippen LogP contribution >= 0.6 is 0 Å². The average Bonchev–Trinajstić information content (AvgIpc) is 2.96. The molecule has 0 aromatic heterocycles. The first-order valence-electron chi connectivity index (χ1n) is 8.67. The molecule has 4 nitrogen and oxygen atoms in total. The first-order valence-corrected chi connectivity index (χ1v) is 8.67. The molecule has 0 bridgehead atoms. The Kier molecular flexibility index (Phi) is 4.42. The molecule has 1 aromatic carbocycles. The molecule has 1 spiro atoms. The van der Waals surface area contributed by atoms with E-state index in [1.165, 1.54) is 11.1 Å². The van der Waals surface area contributed by atoms with Crippen molar-refractivity contribution in [3.63, 3.8) is 0 Å². The summed E-state index contributed by atoms with van der Waals surface area (Å²) in [5.74, 6) is 0.419. The maximum absolute atomic E-state index is 13.1. The van der Waals surface area contributed by atoms with Gasteiger partial charge in [0.15, 0.2) is 0 Å². The molecule has 124 valence electrons. The third kappa shape index (κ3) is 3.12. The van der Waals surface area contributed by atoms with Gasteiger partial charge in [-0.05, 0) is 31.7 Å². The second kappa shape index (κ2) is 6.34. The van der Waals surface area contributed by atoms with E-state index >= 15 is 0 Å². The Hall–Kier alpha value is -1.84. The van der Waals surface area contributed by atoms with Gasteiger partial charge >= 0.3 is 0 Å². The molecule has 0 radical (unpaired) electrons. The molecule has 2 heterocycles. The van der Waals surface area contributed by atoms with Crippen LogP contribution in [-0.2, 0) is 16.1 Å². The van der Waals surface area contributed by atoms with Crippen LogP contribution in [0.4, 0.5) is 0 Å². The number of hydrogen-bond acceptors (Lipinski definition) is 2. The number of amides is 2.